The summed E-state index contributed by atoms with van der Waals surface area (Å²) in [6.45, 7) is -0.126. The Labute approximate surface area is 223 Å². The minimum atomic E-state index is -5.01. The number of alkyl halides is 3. The smallest absolute Gasteiger partial charge is 0.385 e. The first-order valence-electron chi connectivity index (χ1n) is 11.0. The molecule has 198 valence electrons. The maximum atomic E-state index is 13.4. The van der Waals surface area contributed by atoms with Gasteiger partial charge in [0.15, 0.2) is 17.8 Å². The first-order chi connectivity index (χ1) is 17.9. The van der Waals surface area contributed by atoms with E-state index in [-0.39, 0.29) is 28.6 Å². The van der Waals surface area contributed by atoms with E-state index in [4.69, 9.17) is 23.2 Å². The molecule has 0 aliphatic rings. The van der Waals surface area contributed by atoms with E-state index in [1.165, 1.54) is 35.9 Å². The average Bonchev–Trinajstić information content (AvgIpc) is 3.39. The van der Waals surface area contributed by atoms with Crippen LogP contribution in [0, 0.1) is 11.3 Å². The van der Waals surface area contributed by atoms with E-state index in [2.05, 4.69) is 10.1 Å². The molecule has 0 aliphatic heterocycles. The van der Waals surface area contributed by atoms with E-state index >= 15 is 0 Å². The third-order valence-electron chi connectivity index (χ3n) is 5.61. The lowest BCUT2D eigenvalue weighted by molar-refractivity contribution is -0.207. The number of hydrogen-bond acceptors (Lipinski definition) is 6. The van der Waals surface area contributed by atoms with Crippen LogP contribution in [0.2, 0.25) is 10.0 Å². The molecule has 0 spiro atoms. The Morgan fingerprint density at radius 1 is 1.08 bits per heavy atom. The molecule has 0 bridgehead atoms. The zero-order valence-corrected chi connectivity index (χ0v) is 21.1. The summed E-state index contributed by atoms with van der Waals surface area (Å²) in [6.07, 6.45) is -8.98. The van der Waals surface area contributed by atoms with Crippen molar-refractivity contribution in [2.75, 3.05) is 0 Å². The lowest BCUT2D eigenvalue weighted by atomic mass is 10.1. The average molecular weight is 567 g/mol. The molecule has 14 heteroatoms. The van der Waals surface area contributed by atoms with Crippen LogP contribution in [-0.4, -0.2) is 46.4 Å². The maximum Gasteiger partial charge on any atom is 0.416 e. The van der Waals surface area contributed by atoms with Crippen molar-refractivity contribution in [1.29, 1.82) is 5.26 Å². The molecular formula is C24H19Cl2F3N6O3. The van der Waals surface area contributed by atoms with Gasteiger partial charge in [0.05, 0.1) is 29.5 Å². The number of imidazole rings is 1. The van der Waals surface area contributed by atoms with Crippen LogP contribution in [0.25, 0.3) is 16.9 Å². The van der Waals surface area contributed by atoms with E-state index in [0.717, 1.165) is 4.57 Å². The zero-order chi connectivity index (χ0) is 27.8. The number of aliphatic hydroxyl groups excluding tert-OH is 2. The van der Waals surface area contributed by atoms with Gasteiger partial charge in [0.25, 0.3) is 0 Å². The molecule has 2 heterocycles. The molecule has 0 saturated carbocycles. The van der Waals surface area contributed by atoms with Crippen LogP contribution in [0.15, 0.2) is 53.3 Å². The lowest BCUT2D eigenvalue weighted by Crippen LogP contribution is -2.37. The monoisotopic (exact) mass is 566 g/mol. The third kappa shape index (κ3) is 5.32. The molecule has 0 aliphatic carbocycles. The molecule has 0 saturated heterocycles. The standard InChI is InChI=1S/C24H19Cl2F3N6O3/c1-13(36)22-31-20(32-35(22)17-5-3-2-4-16(17)26)12-33-18(10-30)21(14-6-8-15(25)9-7-14)34(23(33)38)11-19(37)24(27,28)29/h2-9,13,19,36-37H,11-12H2,1H3/t13-,19?/m0/s1. The summed E-state index contributed by atoms with van der Waals surface area (Å²) < 4.78 is 42.5. The first-order valence-corrected chi connectivity index (χ1v) is 11.8. The van der Waals surface area contributed by atoms with Crippen molar-refractivity contribution in [2.45, 2.75) is 38.4 Å². The molecule has 2 atom stereocenters. The molecule has 2 aromatic carbocycles. The van der Waals surface area contributed by atoms with Crippen LogP contribution < -0.4 is 5.69 Å². The SMILES string of the molecule is C[C@H](O)c1nc(Cn2c(C#N)c(-c3ccc(Cl)cc3)n(CC(O)C(F)(F)F)c2=O)nn1-c1ccccc1Cl. The van der Waals surface area contributed by atoms with Gasteiger partial charge in [0, 0.05) is 10.6 Å². The number of para-hydroxylation sites is 1. The first kappa shape index (κ1) is 27.4. The molecule has 1 unspecified atom stereocenters. The number of hydrogen-bond donors (Lipinski definition) is 2. The normalized spacial score (nSPS) is 13.3. The van der Waals surface area contributed by atoms with Crippen molar-refractivity contribution in [3.8, 4) is 23.0 Å². The van der Waals surface area contributed by atoms with Gasteiger partial charge >= 0.3 is 11.9 Å². The Morgan fingerprint density at radius 2 is 1.74 bits per heavy atom. The predicted molar refractivity (Wildman–Crippen MR) is 132 cm³/mol. The Balaban J connectivity index is 1.88. The predicted octanol–water partition coefficient (Wildman–Crippen LogP) is 4.10. The van der Waals surface area contributed by atoms with Crippen LogP contribution in [0.5, 0.6) is 0 Å². The summed E-state index contributed by atoms with van der Waals surface area (Å²) in [5, 5.41) is 34.9. The van der Waals surface area contributed by atoms with Gasteiger partial charge in [-0.2, -0.15) is 18.4 Å². The highest BCUT2D eigenvalue weighted by Gasteiger charge is 2.39. The van der Waals surface area contributed by atoms with Gasteiger partial charge in [-0.15, -0.1) is 5.10 Å². The van der Waals surface area contributed by atoms with Crippen LogP contribution >= 0.6 is 23.2 Å². The molecule has 0 amide bonds. The number of rotatable bonds is 7. The van der Waals surface area contributed by atoms with E-state index in [1.807, 2.05) is 6.07 Å². The second-order valence-electron chi connectivity index (χ2n) is 8.28. The largest absolute Gasteiger partial charge is 0.416 e. The number of nitrogens with zero attached hydrogens (tertiary/aromatic N) is 6. The Bertz CT molecular complexity index is 1570. The van der Waals surface area contributed by atoms with E-state index in [9.17, 15) is 33.4 Å². The fraction of sp³-hybridized carbons (Fsp3) is 0.250. The fourth-order valence-corrected chi connectivity index (χ4v) is 4.19. The Kier molecular flexibility index (Phi) is 7.66. The molecule has 0 fully saturated rings. The number of nitriles is 1. The second kappa shape index (κ2) is 10.6. The lowest BCUT2D eigenvalue weighted by Gasteiger charge is -2.16. The van der Waals surface area contributed by atoms with Crippen molar-refractivity contribution >= 4 is 23.2 Å². The molecular weight excluding hydrogens is 548 g/mol. The molecule has 2 aromatic heterocycles. The molecule has 9 nitrogen and oxygen atoms in total. The number of aliphatic hydroxyl groups is 2. The number of aromatic nitrogens is 5. The summed E-state index contributed by atoms with van der Waals surface area (Å²) in [5.41, 5.74) is -0.791. The summed E-state index contributed by atoms with van der Waals surface area (Å²) in [6, 6.07) is 14.3. The molecule has 38 heavy (non-hydrogen) atoms. The third-order valence-corrected chi connectivity index (χ3v) is 6.18. The van der Waals surface area contributed by atoms with Gasteiger partial charge < -0.3 is 10.2 Å². The van der Waals surface area contributed by atoms with Gasteiger partial charge in [-0.05, 0) is 31.2 Å². The maximum absolute atomic E-state index is 13.4. The van der Waals surface area contributed by atoms with Gasteiger partial charge in [0.2, 0.25) is 0 Å². The van der Waals surface area contributed by atoms with Gasteiger partial charge in [0.1, 0.15) is 17.9 Å². The topological polar surface area (TPSA) is 122 Å². The quantitative estimate of drug-likeness (QED) is 0.347. The van der Waals surface area contributed by atoms with Crippen LogP contribution in [0.1, 0.15) is 30.4 Å². The van der Waals surface area contributed by atoms with Crippen molar-refractivity contribution in [3.63, 3.8) is 0 Å². The molecule has 4 aromatic rings. The molecule has 0 radical (unpaired) electrons. The minimum Gasteiger partial charge on any atom is -0.385 e. The van der Waals surface area contributed by atoms with Gasteiger partial charge in [-0.1, -0.05) is 47.5 Å². The second-order valence-corrected chi connectivity index (χ2v) is 9.12. The van der Waals surface area contributed by atoms with Crippen molar-refractivity contribution in [2.24, 2.45) is 0 Å². The zero-order valence-electron chi connectivity index (χ0n) is 19.6. The Hall–Kier alpha value is -3.63. The summed E-state index contributed by atoms with van der Waals surface area (Å²) in [7, 11) is 0. The summed E-state index contributed by atoms with van der Waals surface area (Å²) in [4.78, 5) is 17.6. The Morgan fingerprint density at radius 3 is 2.32 bits per heavy atom. The fourth-order valence-electron chi connectivity index (χ4n) is 3.85. The van der Waals surface area contributed by atoms with Crippen molar-refractivity contribution < 1.29 is 23.4 Å². The summed E-state index contributed by atoms with van der Waals surface area (Å²) >= 11 is 12.2. The van der Waals surface area contributed by atoms with Crippen LogP contribution in [0.3, 0.4) is 0 Å². The number of halogens is 5. The molecule has 2 N–H and O–H groups in total. The summed E-state index contributed by atoms with van der Waals surface area (Å²) in [5.74, 6) is 0.0695. The van der Waals surface area contributed by atoms with Crippen molar-refractivity contribution in [1.82, 2.24) is 23.9 Å². The highest BCUT2D eigenvalue weighted by molar-refractivity contribution is 6.32. The van der Waals surface area contributed by atoms with Crippen LogP contribution in [-0.2, 0) is 13.1 Å². The van der Waals surface area contributed by atoms with E-state index < -0.39 is 37.2 Å². The van der Waals surface area contributed by atoms with Gasteiger partial charge in [-0.3, -0.25) is 9.13 Å². The van der Waals surface area contributed by atoms with Crippen LogP contribution in [0.4, 0.5) is 13.2 Å². The highest BCUT2D eigenvalue weighted by Crippen LogP contribution is 2.28. The number of benzene rings is 2. The molecule has 4 rings (SSSR count). The van der Waals surface area contributed by atoms with Crippen molar-refractivity contribution in [3.05, 3.63) is 86.4 Å². The van der Waals surface area contributed by atoms with E-state index in [1.54, 1.807) is 24.3 Å². The highest BCUT2D eigenvalue weighted by atomic mass is 35.5. The van der Waals surface area contributed by atoms with E-state index in [0.29, 0.717) is 20.3 Å². The minimum absolute atomic E-state index is 0.0180. The van der Waals surface area contributed by atoms with Gasteiger partial charge in [-0.25, -0.2) is 14.5 Å².